The number of likely N-dealkylation sites (N-methyl/N-ethyl adjacent to an activating group) is 1. The van der Waals surface area contributed by atoms with Gasteiger partial charge in [-0.3, -0.25) is 14.7 Å². The summed E-state index contributed by atoms with van der Waals surface area (Å²) in [6.07, 6.45) is 7.37. The fourth-order valence-corrected chi connectivity index (χ4v) is 3.52. The normalized spacial score (nSPS) is 21.5. The first kappa shape index (κ1) is 17.1. The second-order valence-corrected chi connectivity index (χ2v) is 7.10. The van der Waals surface area contributed by atoms with E-state index in [1.165, 1.54) is 0 Å². The van der Waals surface area contributed by atoms with Crippen molar-refractivity contribution in [3.63, 3.8) is 0 Å². The van der Waals surface area contributed by atoms with Gasteiger partial charge in [-0.1, -0.05) is 0 Å². The van der Waals surface area contributed by atoms with Crippen LogP contribution in [0.15, 0.2) is 18.6 Å². The molecule has 0 bridgehead atoms. The number of rotatable bonds is 3. The lowest BCUT2D eigenvalue weighted by molar-refractivity contribution is -0.130. The zero-order chi connectivity index (χ0) is 17.0. The molecule has 1 amide bonds. The summed E-state index contributed by atoms with van der Waals surface area (Å²) in [4.78, 5) is 26.8. The molecule has 3 rings (SSSR count). The smallest absolute Gasteiger partial charge is 0.236 e. The number of hydrogen-bond acceptors (Lipinski definition) is 6. The first-order valence-corrected chi connectivity index (χ1v) is 8.59. The number of aromatic nitrogens is 2. The van der Waals surface area contributed by atoms with Gasteiger partial charge in [-0.15, -0.1) is 0 Å². The Bertz CT molecular complexity index is 543. The maximum Gasteiger partial charge on any atom is 0.236 e. The maximum atomic E-state index is 12.1. The molecular formula is C17H27N5O2. The van der Waals surface area contributed by atoms with Gasteiger partial charge in [-0.05, 0) is 12.8 Å². The van der Waals surface area contributed by atoms with E-state index in [-0.39, 0.29) is 11.3 Å². The van der Waals surface area contributed by atoms with Crippen molar-refractivity contribution in [2.24, 2.45) is 5.41 Å². The van der Waals surface area contributed by atoms with Gasteiger partial charge in [-0.25, -0.2) is 4.98 Å². The van der Waals surface area contributed by atoms with Crippen LogP contribution in [0.5, 0.6) is 0 Å². The first-order chi connectivity index (χ1) is 11.6. The summed E-state index contributed by atoms with van der Waals surface area (Å²) in [6, 6.07) is 0. The Labute approximate surface area is 143 Å². The van der Waals surface area contributed by atoms with E-state index in [9.17, 15) is 4.79 Å². The van der Waals surface area contributed by atoms with Crippen LogP contribution in [0.25, 0.3) is 0 Å². The summed E-state index contributed by atoms with van der Waals surface area (Å²) < 4.78 is 5.89. The van der Waals surface area contributed by atoms with Crippen molar-refractivity contribution in [2.45, 2.75) is 12.8 Å². The van der Waals surface area contributed by atoms with Crippen molar-refractivity contribution in [3.8, 4) is 0 Å². The summed E-state index contributed by atoms with van der Waals surface area (Å²) in [5.41, 5.74) is 0.141. The molecule has 2 aliphatic heterocycles. The molecule has 1 spiro atoms. The van der Waals surface area contributed by atoms with Crippen LogP contribution in [0.1, 0.15) is 12.8 Å². The van der Waals surface area contributed by atoms with Crippen LogP contribution in [0.4, 0.5) is 5.82 Å². The zero-order valence-electron chi connectivity index (χ0n) is 14.6. The molecule has 0 aromatic carbocycles. The number of anilines is 1. The van der Waals surface area contributed by atoms with Gasteiger partial charge < -0.3 is 14.5 Å². The van der Waals surface area contributed by atoms with Crippen LogP contribution < -0.4 is 4.90 Å². The highest BCUT2D eigenvalue weighted by Crippen LogP contribution is 2.35. The van der Waals surface area contributed by atoms with Gasteiger partial charge in [0.2, 0.25) is 5.91 Å². The standard InChI is InChI=1S/C17H27N5O2/c1-20(2)16(23)12-21-9-10-24-14-17(13-21)3-7-22(8-4-17)15-11-18-5-6-19-15/h5-6,11H,3-4,7-10,12-14H2,1-2H3. The Morgan fingerprint density at radius 2 is 2.08 bits per heavy atom. The molecule has 2 saturated heterocycles. The number of ether oxygens (including phenoxy) is 1. The largest absolute Gasteiger partial charge is 0.379 e. The molecule has 0 unspecified atom stereocenters. The van der Waals surface area contributed by atoms with Crippen LogP contribution >= 0.6 is 0 Å². The highest BCUT2D eigenvalue weighted by Gasteiger charge is 2.38. The van der Waals surface area contributed by atoms with Gasteiger partial charge in [0.05, 0.1) is 26.0 Å². The van der Waals surface area contributed by atoms with E-state index in [4.69, 9.17) is 4.74 Å². The Hall–Kier alpha value is -1.73. The molecule has 132 valence electrons. The lowest BCUT2D eigenvalue weighted by Crippen LogP contribution is -2.49. The summed E-state index contributed by atoms with van der Waals surface area (Å²) in [7, 11) is 3.62. The van der Waals surface area contributed by atoms with Gasteiger partial charge in [0.1, 0.15) is 5.82 Å². The van der Waals surface area contributed by atoms with E-state index < -0.39 is 0 Å². The molecule has 2 aliphatic rings. The van der Waals surface area contributed by atoms with Crippen LogP contribution in [0.3, 0.4) is 0 Å². The summed E-state index contributed by atoms with van der Waals surface area (Å²) in [5.74, 6) is 1.10. The van der Waals surface area contributed by atoms with E-state index in [1.807, 2.05) is 20.3 Å². The third-order valence-electron chi connectivity index (χ3n) is 5.07. The number of hydrogen-bond donors (Lipinski definition) is 0. The second-order valence-electron chi connectivity index (χ2n) is 7.10. The van der Waals surface area contributed by atoms with Crippen molar-refractivity contribution in [1.82, 2.24) is 19.8 Å². The quantitative estimate of drug-likeness (QED) is 0.802. The second kappa shape index (κ2) is 7.44. The van der Waals surface area contributed by atoms with Crippen molar-refractivity contribution in [1.29, 1.82) is 0 Å². The van der Waals surface area contributed by atoms with Crippen molar-refractivity contribution in [3.05, 3.63) is 18.6 Å². The van der Waals surface area contributed by atoms with E-state index in [1.54, 1.807) is 17.3 Å². The lowest BCUT2D eigenvalue weighted by Gasteiger charge is -2.42. The molecule has 7 heteroatoms. The SMILES string of the molecule is CN(C)C(=O)CN1CCOCC2(CCN(c3cnccn3)CC2)C1. The monoisotopic (exact) mass is 333 g/mol. The highest BCUT2D eigenvalue weighted by molar-refractivity contribution is 5.77. The molecule has 0 N–H and O–H groups in total. The number of carbonyl (C=O) groups is 1. The van der Waals surface area contributed by atoms with Gasteiger partial charge in [0.15, 0.2) is 0 Å². The molecule has 0 atom stereocenters. The van der Waals surface area contributed by atoms with E-state index >= 15 is 0 Å². The average Bonchev–Trinajstić information content (AvgIpc) is 2.78. The van der Waals surface area contributed by atoms with Crippen LogP contribution in [-0.4, -0.2) is 85.7 Å². The molecule has 1 aromatic rings. The number of carbonyl (C=O) groups excluding carboxylic acids is 1. The third kappa shape index (κ3) is 4.02. The molecule has 0 aliphatic carbocycles. The van der Waals surface area contributed by atoms with Gasteiger partial charge in [-0.2, -0.15) is 0 Å². The minimum atomic E-state index is 0.141. The molecule has 0 saturated carbocycles. The number of piperidine rings is 1. The van der Waals surface area contributed by atoms with Crippen molar-refractivity contribution < 1.29 is 9.53 Å². The molecule has 1 aromatic heterocycles. The fraction of sp³-hybridized carbons (Fsp3) is 0.706. The highest BCUT2D eigenvalue weighted by atomic mass is 16.5. The Kier molecular flexibility index (Phi) is 5.30. The lowest BCUT2D eigenvalue weighted by atomic mass is 9.78. The molecule has 7 nitrogen and oxygen atoms in total. The summed E-state index contributed by atoms with van der Waals surface area (Å²) in [5, 5.41) is 0. The fourth-order valence-electron chi connectivity index (χ4n) is 3.52. The Balaban J connectivity index is 1.61. The minimum Gasteiger partial charge on any atom is -0.379 e. The van der Waals surface area contributed by atoms with Crippen LogP contribution in [-0.2, 0) is 9.53 Å². The minimum absolute atomic E-state index is 0.141. The molecule has 0 radical (unpaired) electrons. The molecule has 24 heavy (non-hydrogen) atoms. The Morgan fingerprint density at radius 3 is 2.75 bits per heavy atom. The van der Waals surface area contributed by atoms with Gasteiger partial charge >= 0.3 is 0 Å². The summed E-state index contributed by atoms with van der Waals surface area (Å²) >= 11 is 0. The topological polar surface area (TPSA) is 61.8 Å². The predicted molar refractivity (Wildman–Crippen MR) is 91.9 cm³/mol. The van der Waals surface area contributed by atoms with E-state index in [0.29, 0.717) is 13.2 Å². The van der Waals surface area contributed by atoms with Gasteiger partial charge in [0, 0.05) is 58.1 Å². The van der Waals surface area contributed by atoms with Crippen LogP contribution in [0, 0.1) is 5.41 Å². The number of amides is 1. The van der Waals surface area contributed by atoms with Crippen molar-refractivity contribution in [2.75, 3.05) is 64.9 Å². The summed E-state index contributed by atoms with van der Waals surface area (Å²) in [6.45, 7) is 5.64. The van der Waals surface area contributed by atoms with Crippen LogP contribution in [0.2, 0.25) is 0 Å². The van der Waals surface area contributed by atoms with E-state index in [0.717, 1.165) is 51.4 Å². The maximum absolute atomic E-state index is 12.1. The predicted octanol–water partition coefficient (Wildman–Crippen LogP) is 0.484. The molecular weight excluding hydrogens is 306 g/mol. The van der Waals surface area contributed by atoms with E-state index in [2.05, 4.69) is 19.8 Å². The third-order valence-corrected chi connectivity index (χ3v) is 5.07. The van der Waals surface area contributed by atoms with Gasteiger partial charge in [0.25, 0.3) is 0 Å². The Morgan fingerprint density at radius 1 is 1.29 bits per heavy atom. The molecule has 3 heterocycles. The molecule has 2 fully saturated rings. The number of nitrogens with zero attached hydrogens (tertiary/aromatic N) is 5. The first-order valence-electron chi connectivity index (χ1n) is 8.59. The average molecular weight is 333 g/mol. The van der Waals surface area contributed by atoms with Crippen molar-refractivity contribution >= 4 is 11.7 Å². The zero-order valence-corrected chi connectivity index (χ0v) is 14.6.